The van der Waals surface area contributed by atoms with Gasteiger partial charge in [0.25, 0.3) is 0 Å². The number of rotatable bonds is 1. The summed E-state index contributed by atoms with van der Waals surface area (Å²) in [6.45, 7) is -4.35. The van der Waals surface area contributed by atoms with Crippen LogP contribution >= 0.6 is 18.0 Å². The van der Waals surface area contributed by atoms with Crippen molar-refractivity contribution in [3.05, 3.63) is 0 Å². The molecule has 1 unspecified atom stereocenters. The van der Waals surface area contributed by atoms with Crippen molar-refractivity contribution in [1.29, 1.82) is 0 Å². The maximum Gasteiger partial charge on any atom is 0.435 e. The quantitative estimate of drug-likeness (QED) is 0.701. The summed E-state index contributed by atoms with van der Waals surface area (Å²) < 4.78 is 21.5. The van der Waals surface area contributed by atoms with E-state index in [-0.39, 0.29) is 24.9 Å². The zero-order valence-corrected chi connectivity index (χ0v) is 9.85. The molecule has 0 bridgehead atoms. The molecule has 0 saturated heterocycles. The molecule has 0 aromatic rings. The first-order valence-corrected chi connectivity index (χ1v) is 6.89. The number of amides is 2. The van der Waals surface area contributed by atoms with Crippen LogP contribution in [0.4, 0.5) is 9.59 Å². The van der Waals surface area contributed by atoms with Crippen LogP contribution in [0.5, 0.6) is 0 Å². The Hall–Kier alpha value is -1.44. The van der Waals surface area contributed by atoms with Gasteiger partial charge >= 0.3 is 19.0 Å². The second-order valence-electron chi connectivity index (χ2n) is 3.02. The lowest BCUT2D eigenvalue weighted by Crippen LogP contribution is -2.36. The number of cyclic esters (lactones) is 2. The lowest BCUT2D eigenvalue weighted by Gasteiger charge is -2.23. The summed E-state index contributed by atoms with van der Waals surface area (Å²) in [6.07, 6.45) is -1.72. The predicted molar refractivity (Wildman–Crippen MR) is 57.1 cm³/mol. The SMILES string of the molecule is NP(=O)(Cl)N(C1=NC(=O)OC1)C1=NC(=O)OC1. The summed E-state index contributed by atoms with van der Waals surface area (Å²) in [4.78, 5) is 28.5. The third-order valence-corrected chi connectivity index (χ3v) is 3.31. The molecular weight excluding hydrogens is 275 g/mol. The van der Waals surface area contributed by atoms with Crippen LogP contribution in [0.1, 0.15) is 0 Å². The number of carbonyl (C=O) groups excluding carboxylic acids is 2. The smallest absolute Gasteiger partial charge is 0.435 e. The minimum Gasteiger partial charge on any atom is -0.440 e. The van der Waals surface area contributed by atoms with Crippen LogP contribution in [0.25, 0.3) is 0 Å². The van der Waals surface area contributed by atoms with Gasteiger partial charge in [-0.05, 0) is 11.2 Å². The van der Waals surface area contributed by atoms with Gasteiger partial charge < -0.3 is 9.47 Å². The lowest BCUT2D eigenvalue weighted by molar-refractivity contribution is 0.180. The standard InChI is InChI=1S/C6H6ClN4O5P/c7-17(8,14)11(3-1-15-5(12)9-3)4-2-16-6(13)10-4/h1-2H2,(H2,8,14). The van der Waals surface area contributed by atoms with Crippen molar-refractivity contribution in [1.82, 2.24) is 4.67 Å². The van der Waals surface area contributed by atoms with Crippen LogP contribution in [0.3, 0.4) is 0 Å². The monoisotopic (exact) mass is 280 g/mol. The van der Waals surface area contributed by atoms with Gasteiger partial charge in [0.15, 0.2) is 24.9 Å². The Kier molecular flexibility index (Phi) is 2.90. The van der Waals surface area contributed by atoms with Crippen LogP contribution in [0.15, 0.2) is 9.98 Å². The molecule has 0 fully saturated rings. The van der Waals surface area contributed by atoms with E-state index in [1.165, 1.54) is 0 Å². The van der Waals surface area contributed by atoms with Crippen LogP contribution < -0.4 is 5.50 Å². The highest BCUT2D eigenvalue weighted by Gasteiger charge is 2.37. The summed E-state index contributed by atoms with van der Waals surface area (Å²) in [7, 11) is 0. The van der Waals surface area contributed by atoms with E-state index in [4.69, 9.17) is 16.7 Å². The Balaban J connectivity index is 2.36. The van der Waals surface area contributed by atoms with E-state index in [0.717, 1.165) is 4.67 Å². The molecule has 2 heterocycles. The average molecular weight is 281 g/mol. The van der Waals surface area contributed by atoms with E-state index in [1.807, 2.05) is 0 Å². The van der Waals surface area contributed by atoms with Crippen molar-refractivity contribution in [2.24, 2.45) is 15.5 Å². The van der Waals surface area contributed by atoms with Crippen molar-refractivity contribution < 1.29 is 23.6 Å². The van der Waals surface area contributed by atoms with Gasteiger partial charge in [-0.15, -0.1) is 0 Å². The number of halogens is 1. The molecule has 0 aromatic carbocycles. The number of hydrogen-bond acceptors (Lipinski definition) is 5. The maximum atomic E-state index is 11.7. The minimum atomic E-state index is -3.85. The van der Waals surface area contributed by atoms with Gasteiger partial charge in [0.2, 0.25) is 0 Å². The molecule has 2 rings (SSSR count). The van der Waals surface area contributed by atoms with E-state index in [1.54, 1.807) is 0 Å². The van der Waals surface area contributed by atoms with Crippen LogP contribution in [0.2, 0.25) is 0 Å². The molecule has 0 spiro atoms. The summed E-state index contributed by atoms with van der Waals surface area (Å²) in [6, 6.07) is 0. The van der Waals surface area contributed by atoms with Crippen molar-refractivity contribution in [3.63, 3.8) is 0 Å². The highest BCUT2D eigenvalue weighted by Crippen LogP contribution is 2.48. The van der Waals surface area contributed by atoms with Gasteiger partial charge in [-0.3, -0.25) is 10.1 Å². The summed E-state index contributed by atoms with van der Waals surface area (Å²) >= 11 is 5.52. The molecule has 2 amide bonds. The topological polar surface area (TPSA) is 124 Å². The normalized spacial score (nSPS) is 22.5. The first-order chi connectivity index (χ1) is 7.88. The molecule has 17 heavy (non-hydrogen) atoms. The first kappa shape index (κ1) is 12.0. The highest BCUT2D eigenvalue weighted by molar-refractivity contribution is 7.86. The second-order valence-corrected chi connectivity index (χ2v) is 5.96. The zero-order chi connectivity index (χ0) is 12.6. The zero-order valence-electron chi connectivity index (χ0n) is 8.20. The third-order valence-electron chi connectivity index (χ3n) is 1.85. The van der Waals surface area contributed by atoms with Crippen LogP contribution in [0, 0.1) is 0 Å². The molecule has 92 valence electrons. The number of aliphatic imine (C=N–C) groups is 2. The molecule has 0 aromatic heterocycles. The molecule has 9 nitrogen and oxygen atoms in total. The number of hydrogen-bond donors (Lipinski definition) is 1. The maximum absolute atomic E-state index is 11.7. The van der Waals surface area contributed by atoms with Crippen molar-refractivity contribution in [2.45, 2.75) is 0 Å². The van der Waals surface area contributed by atoms with E-state index in [2.05, 4.69) is 19.5 Å². The van der Waals surface area contributed by atoms with E-state index in [0.29, 0.717) is 0 Å². The molecule has 11 heteroatoms. The summed E-state index contributed by atoms with van der Waals surface area (Å²) in [5, 5.41) is 0. The lowest BCUT2D eigenvalue weighted by atomic mass is 10.5. The van der Waals surface area contributed by atoms with Gasteiger partial charge in [0, 0.05) is 0 Å². The Morgan fingerprint density at radius 1 is 1.18 bits per heavy atom. The second kappa shape index (κ2) is 4.10. The van der Waals surface area contributed by atoms with Crippen LogP contribution in [-0.4, -0.2) is 41.7 Å². The van der Waals surface area contributed by atoms with Gasteiger partial charge in [0.1, 0.15) is 0 Å². The number of nitrogens with two attached hydrogens (primary N) is 1. The Morgan fingerprint density at radius 2 is 1.59 bits per heavy atom. The van der Waals surface area contributed by atoms with Gasteiger partial charge in [0.05, 0.1) is 0 Å². The molecule has 0 saturated carbocycles. The number of nitrogens with zero attached hydrogens (tertiary/aromatic N) is 3. The van der Waals surface area contributed by atoms with Gasteiger partial charge in [-0.25, -0.2) is 14.3 Å². The van der Waals surface area contributed by atoms with E-state index in [9.17, 15) is 14.2 Å². The summed E-state index contributed by atoms with van der Waals surface area (Å²) in [5.74, 6) is -0.152. The molecule has 0 aliphatic carbocycles. The molecule has 2 aliphatic rings. The Bertz CT molecular complexity index is 463. The fourth-order valence-electron chi connectivity index (χ4n) is 1.27. The molecular formula is C6H6ClN4O5P. The van der Waals surface area contributed by atoms with Gasteiger partial charge in [-0.1, -0.05) is 0 Å². The van der Waals surface area contributed by atoms with Crippen LogP contribution in [-0.2, 0) is 14.0 Å². The van der Waals surface area contributed by atoms with Crippen molar-refractivity contribution >= 4 is 41.9 Å². The fraction of sp³-hybridized carbons (Fsp3) is 0.333. The fourth-order valence-corrected chi connectivity index (χ4v) is 2.63. The van der Waals surface area contributed by atoms with E-state index < -0.39 is 19.0 Å². The molecule has 2 aliphatic heterocycles. The molecule has 1 atom stereocenters. The minimum absolute atomic E-state index is 0.0760. The predicted octanol–water partition coefficient (Wildman–Crippen LogP) is 0.691. The largest absolute Gasteiger partial charge is 0.440 e. The Morgan fingerprint density at radius 3 is 1.82 bits per heavy atom. The average Bonchev–Trinajstić information content (AvgIpc) is 2.75. The number of ether oxygens (including phenoxy) is 2. The third kappa shape index (κ3) is 2.46. The molecule has 2 N–H and O–H groups in total. The number of amidine groups is 2. The highest BCUT2D eigenvalue weighted by atomic mass is 35.7. The first-order valence-electron chi connectivity index (χ1n) is 4.25. The summed E-state index contributed by atoms with van der Waals surface area (Å²) in [5.41, 5.74) is 5.28. The Labute approximate surface area is 99.5 Å². The van der Waals surface area contributed by atoms with Gasteiger partial charge in [-0.2, -0.15) is 9.98 Å². The number of carbonyl (C=O) groups is 2. The van der Waals surface area contributed by atoms with Crippen molar-refractivity contribution in [2.75, 3.05) is 13.2 Å². The molecule has 0 radical (unpaired) electrons. The van der Waals surface area contributed by atoms with Crippen molar-refractivity contribution in [3.8, 4) is 0 Å². The van der Waals surface area contributed by atoms with E-state index >= 15 is 0 Å².